The zero-order valence-corrected chi connectivity index (χ0v) is 14.5. The molecule has 0 bridgehead atoms. The number of rotatable bonds is 3. The Morgan fingerprint density at radius 2 is 2.04 bits per heavy atom. The van der Waals surface area contributed by atoms with Gasteiger partial charge < -0.3 is 4.90 Å². The third-order valence-electron chi connectivity index (χ3n) is 4.70. The maximum absolute atomic E-state index is 12.3. The zero-order chi connectivity index (χ0) is 16.6. The van der Waals surface area contributed by atoms with Crippen LogP contribution in [0.4, 0.5) is 4.79 Å². The molecule has 2 fully saturated rings. The van der Waals surface area contributed by atoms with Crippen LogP contribution in [0.2, 0.25) is 5.02 Å². The topological polar surface area (TPSA) is 69.7 Å². The van der Waals surface area contributed by atoms with Gasteiger partial charge in [0.1, 0.15) is 0 Å². The van der Waals surface area contributed by atoms with E-state index in [-0.39, 0.29) is 10.9 Å². The fourth-order valence-corrected chi connectivity index (χ4v) is 4.48. The van der Waals surface area contributed by atoms with Crippen LogP contribution in [0.1, 0.15) is 19.3 Å². The first kappa shape index (κ1) is 16.5. The normalized spacial score (nSPS) is 24.4. The SMILES string of the molecule is CN(C(=O)NS(=O)(=O)c1ccc(Cl)cc1)C1CC2CCCN2C1. The minimum Gasteiger partial charge on any atom is -0.323 e. The van der Waals surface area contributed by atoms with Crippen LogP contribution in [0.5, 0.6) is 0 Å². The van der Waals surface area contributed by atoms with Gasteiger partial charge in [-0.15, -0.1) is 0 Å². The number of sulfonamides is 1. The fourth-order valence-electron chi connectivity index (χ4n) is 3.37. The number of hydrogen-bond donors (Lipinski definition) is 1. The average molecular weight is 358 g/mol. The van der Waals surface area contributed by atoms with Crippen molar-refractivity contribution in [1.29, 1.82) is 0 Å². The summed E-state index contributed by atoms with van der Waals surface area (Å²) in [7, 11) is -2.23. The Balaban J connectivity index is 1.65. The molecule has 2 amide bonds. The first-order valence-corrected chi connectivity index (χ1v) is 9.52. The molecule has 3 rings (SSSR count). The molecule has 2 unspecified atom stereocenters. The number of halogens is 1. The highest BCUT2D eigenvalue weighted by Crippen LogP contribution is 2.29. The van der Waals surface area contributed by atoms with E-state index >= 15 is 0 Å². The molecule has 23 heavy (non-hydrogen) atoms. The number of benzene rings is 1. The van der Waals surface area contributed by atoms with Crippen molar-refractivity contribution in [2.24, 2.45) is 0 Å². The van der Waals surface area contributed by atoms with Crippen molar-refractivity contribution in [2.45, 2.75) is 36.2 Å². The molecule has 0 saturated carbocycles. The quantitative estimate of drug-likeness (QED) is 0.897. The molecule has 0 aliphatic carbocycles. The van der Waals surface area contributed by atoms with Gasteiger partial charge in [-0.25, -0.2) is 17.9 Å². The summed E-state index contributed by atoms with van der Waals surface area (Å²) < 4.78 is 26.6. The lowest BCUT2D eigenvalue weighted by atomic mass is 10.1. The van der Waals surface area contributed by atoms with Crippen LogP contribution < -0.4 is 4.72 Å². The molecule has 2 aliphatic heterocycles. The summed E-state index contributed by atoms with van der Waals surface area (Å²) in [4.78, 5) is 16.2. The Kier molecular flexibility index (Phi) is 4.53. The molecule has 126 valence electrons. The van der Waals surface area contributed by atoms with E-state index in [9.17, 15) is 13.2 Å². The van der Waals surface area contributed by atoms with E-state index < -0.39 is 16.1 Å². The summed E-state index contributed by atoms with van der Waals surface area (Å²) in [6.07, 6.45) is 3.28. The van der Waals surface area contributed by atoms with Gasteiger partial charge in [-0.3, -0.25) is 4.90 Å². The van der Waals surface area contributed by atoms with Crippen LogP contribution in [0.3, 0.4) is 0 Å². The first-order chi connectivity index (χ1) is 10.9. The van der Waals surface area contributed by atoms with Crippen LogP contribution in [-0.2, 0) is 10.0 Å². The maximum Gasteiger partial charge on any atom is 0.331 e. The second-order valence-corrected chi connectivity index (χ2v) is 8.27. The summed E-state index contributed by atoms with van der Waals surface area (Å²) in [5.41, 5.74) is 0. The van der Waals surface area contributed by atoms with Crippen molar-refractivity contribution in [2.75, 3.05) is 20.1 Å². The Labute approximate surface area is 141 Å². The lowest BCUT2D eigenvalue weighted by molar-refractivity contribution is 0.195. The van der Waals surface area contributed by atoms with Crippen molar-refractivity contribution < 1.29 is 13.2 Å². The predicted octanol–water partition coefficient (Wildman–Crippen LogP) is 1.91. The van der Waals surface area contributed by atoms with Crippen molar-refractivity contribution >= 4 is 27.7 Å². The number of hydrogen-bond acceptors (Lipinski definition) is 4. The van der Waals surface area contributed by atoms with Crippen LogP contribution in [0.25, 0.3) is 0 Å². The molecule has 1 N–H and O–H groups in total. The molecule has 6 nitrogen and oxygen atoms in total. The summed E-state index contributed by atoms with van der Waals surface area (Å²) in [6, 6.07) is 5.72. The van der Waals surface area contributed by atoms with Crippen molar-refractivity contribution in [3.05, 3.63) is 29.3 Å². The van der Waals surface area contributed by atoms with E-state index in [1.54, 1.807) is 7.05 Å². The average Bonchev–Trinajstić information content (AvgIpc) is 3.07. The highest BCUT2D eigenvalue weighted by molar-refractivity contribution is 7.90. The number of amides is 2. The van der Waals surface area contributed by atoms with E-state index in [0.29, 0.717) is 11.1 Å². The van der Waals surface area contributed by atoms with Gasteiger partial charge in [0.15, 0.2) is 0 Å². The molecule has 1 aromatic carbocycles. The third kappa shape index (κ3) is 3.46. The summed E-state index contributed by atoms with van der Waals surface area (Å²) in [5, 5.41) is 0.443. The Hall–Kier alpha value is -1.31. The molecular weight excluding hydrogens is 338 g/mol. The molecule has 2 atom stereocenters. The van der Waals surface area contributed by atoms with E-state index in [0.717, 1.165) is 25.9 Å². The molecule has 0 radical (unpaired) electrons. The Morgan fingerprint density at radius 3 is 2.70 bits per heavy atom. The number of fused-ring (bicyclic) bond motifs is 1. The minimum absolute atomic E-state index is 0.0238. The summed E-state index contributed by atoms with van der Waals surface area (Å²) >= 11 is 5.76. The van der Waals surface area contributed by atoms with Crippen molar-refractivity contribution in [1.82, 2.24) is 14.5 Å². The van der Waals surface area contributed by atoms with Gasteiger partial charge in [0.25, 0.3) is 10.0 Å². The van der Waals surface area contributed by atoms with Crippen LogP contribution in [-0.4, -0.2) is 56.5 Å². The van der Waals surface area contributed by atoms with E-state index in [2.05, 4.69) is 9.62 Å². The number of likely N-dealkylation sites (N-methyl/N-ethyl adjacent to an activating group) is 1. The molecule has 0 aromatic heterocycles. The predicted molar refractivity (Wildman–Crippen MR) is 87.9 cm³/mol. The minimum atomic E-state index is -3.88. The van der Waals surface area contributed by atoms with Crippen molar-refractivity contribution in [3.8, 4) is 0 Å². The van der Waals surface area contributed by atoms with Crippen molar-refractivity contribution in [3.63, 3.8) is 0 Å². The molecule has 1 aromatic rings. The second-order valence-electron chi connectivity index (χ2n) is 6.16. The highest BCUT2D eigenvalue weighted by atomic mass is 35.5. The van der Waals surface area contributed by atoms with E-state index in [4.69, 9.17) is 11.6 Å². The number of nitrogens with one attached hydrogen (secondary N) is 1. The third-order valence-corrected chi connectivity index (χ3v) is 6.29. The monoisotopic (exact) mass is 357 g/mol. The number of carbonyl (C=O) groups is 1. The van der Waals surface area contributed by atoms with Gasteiger partial charge in [-0.1, -0.05) is 11.6 Å². The lowest BCUT2D eigenvalue weighted by Crippen LogP contribution is -2.46. The van der Waals surface area contributed by atoms with Crippen LogP contribution in [0.15, 0.2) is 29.2 Å². The van der Waals surface area contributed by atoms with Crippen LogP contribution >= 0.6 is 11.6 Å². The highest BCUT2D eigenvalue weighted by Gasteiger charge is 2.38. The van der Waals surface area contributed by atoms with E-state index in [1.165, 1.54) is 35.6 Å². The number of urea groups is 1. The second kappa shape index (κ2) is 6.30. The standard InChI is InChI=1S/C15H20ClN3O3S/c1-18(13-9-12-3-2-8-19(12)10-13)15(20)17-23(21,22)14-6-4-11(16)5-7-14/h4-7,12-13H,2-3,8-10H2,1H3,(H,17,20). The summed E-state index contributed by atoms with van der Waals surface area (Å²) in [5.74, 6) is 0. The smallest absolute Gasteiger partial charge is 0.323 e. The maximum atomic E-state index is 12.3. The Bertz CT molecular complexity index is 680. The van der Waals surface area contributed by atoms with Crippen LogP contribution in [0, 0.1) is 0 Å². The van der Waals surface area contributed by atoms with Gasteiger partial charge in [0.05, 0.1) is 4.90 Å². The van der Waals surface area contributed by atoms with Gasteiger partial charge in [-0.05, 0) is 50.1 Å². The summed E-state index contributed by atoms with van der Waals surface area (Å²) in [6.45, 7) is 1.88. The molecular formula is C15H20ClN3O3S. The molecule has 8 heteroatoms. The Morgan fingerprint density at radius 1 is 1.35 bits per heavy atom. The molecule has 2 aliphatic rings. The first-order valence-electron chi connectivity index (χ1n) is 7.66. The van der Waals surface area contributed by atoms with Gasteiger partial charge in [0.2, 0.25) is 0 Å². The van der Waals surface area contributed by atoms with Gasteiger partial charge in [-0.2, -0.15) is 0 Å². The van der Waals surface area contributed by atoms with E-state index in [1.807, 2.05) is 0 Å². The number of carbonyl (C=O) groups excluding carboxylic acids is 1. The van der Waals surface area contributed by atoms with Gasteiger partial charge >= 0.3 is 6.03 Å². The lowest BCUT2D eigenvalue weighted by Gasteiger charge is -2.25. The number of nitrogens with zero attached hydrogens (tertiary/aromatic N) is 2. The zero-order valence-electron chi connectivity index (χ0n) is 12.9. The molecule has 2 heterocycles. The van der Waals surface area contributed by atoms with Gasteiger partial charge in [0, 0.05) is 30.7 Å². The molecule has 2 saturated heterocycles. The fraction of sp³-hybridized carbons (Fsp3) is 0.533. The molecule has 0 spiro atoms. The largest absolute Gasteiger partial charge is 0.331 e.